The van der Waals surface area contributed by atoms with E-state index in [1.807, 2.05) is 24.0 Å². The van der Waals surface area contributed by atoms with E-state index in [1.54, 1.807) is 30.3 Å². The smallest absolute Gasteiger partial charge is 0.262 e. The Morgan fingerprint density at radius 1 is 1.00 bits per heavy atom. The Morgan fingerprint density at radius 2 is 1.61 bits per heavy atom. The number of aryl methyl sites for hydroxylation is 1. The van der Waals surface area contributed by atoms with Gasteiger partial charge >= 0.3 is 0 Å². The summed E-state index contributed by atoms with van der Waals surface area (Å²) in [4.78, 5) is 38.6. The number of nitrogens with zero attached hydrogens (tertiary/aromatic N) is 1. The molecule has 6 heteroatoms. The fourth-order valence-electron chi connectivity index (χ4n) is 4.02. The highest BCUT2D eigenvalue weighted by molar-refractivity contribution is 5.98. The van der Waals surface area contributed by atoms with Crippen LogP contribution in [0.2, 0.25) is 0 Å². The first kappa shape index (κ1) is 22.5. The second-order valence-electron chi connectivity index (χ2n) is 8.60. The van der Waals surface area contributed by atoms with Crippen LogP contribution < -0.4 is 10.1 Å². The largest absolute Gasteiger partial charge is 0.484 e. The van der Waals surface area contributed by atoms with Gasteiger partial charge < -0.3 is 15.0 Å². The average Bonchev–Trinajstić information content (AvgIpc) is 2.73. The van der Waals surface area contributed by atoms with Crippen molar-refractivity contribution in [2.24, 2.45) is 11.8 Å². The second kappa shape index (κ2) is 9.77. The molecule has 1 saturated heterocycles. The van der Waals surface area contributed by atoms with Crippen molar-refractivity contribution in [3.63, 3.8) is 0 Å². The fraction of sp³-hybridized carbons (Fsp3) is 0.400. The Balaban J connectivity index is 1.62. The summed E-state index contributed by atoms with van der Waals surface area (Å²) in [5.41, 5.74) is 2.63. The first-order chi connectivity index (χ1) is 14.7. The number of rotatable bonds is 6. The van der Waals surface area contributed by atoms with Gasteiger partial charge in [0, 0.05) is 29.9 Å². The lowest BCUT2D eigenvalue weighted by Crippen LogP contribution is -2.42. The number of ketones is 1. The Labute approximate surface area is 183 Å². The molecular formula is C25H30N2O4. The van der Waals surface area contributed by atoms with E-state index in [0.717, 1.165) is 25.1 Å². The van der Waals surface area contributed by atoms with Crippen LogP contribution in [0.4, 0.5) is 5.69 Å². The molecule has 6 nitrogen and oxygen atoms in total. The number of hydrogen-bond acceptors (Lipinski definition) is 4. The van der Waals surface area contributed by atoms with Crippen molar-refractivity contribution in [2.75, 3.05) is 25.0 Å². The summed E-state index contributed by atoms with van der Waals surface area (Å²) in [6.45, 7) is 9.07. The van der Waals surface area contributed by atoms with E-state index in [4.69, 9.17) is 4.74 Å². The molecule has 3 rings (SSSR count). The van der Waals surface area contributed by atoms with E-state index in [0.29, 0.717) is 34.4 Å². The van der Waals surface area contributed by atoms with Gasteiger partial charge in [-0.1, -0.05) is 19.9 Å². The van der Waals surface area contributed by atoms with Crippen molar-refractivity contribution in [3.8, 4) is 5.75 Å². The van der Waals surface area contributed by atoms with Crippen LogP contribution in [-0.4, -0.2) is 42.2 Å². The summed E-state index contributed by atoms with van der Waals surface area (Å²) in [5, 5.41) is 2.84. The third-order valence-electron chi connectivity index (χ3n) is 5.55. The van der Waals surface area contributed by atoms with Crippen molar-refractivity contribution < 1.29 is 19.1 Å². The molecular weight excluding hydrogens is 392 g/mol. The molecule has 0 radical (unpaired) electrons. The summed E-state index contributed by atoms with van der Waals surface area (Å²) in [6.07, 6.45) is 1.14. The van der Waals surface area contributed by atoms with Gasteiger partial charge in [-0.2, -0.15) is 0 Å². The second-order valence-corrected chi connectivity index (χ2v) is 8.60. The molecule has 2 atom stereocenters. The van der Waals surface area contributed by atoms with Gasteiger partial charge in [-0.25, -0.2) is 0 Å². The normalized spacial score (nSPS) is 18.4. The molecule has 2 unspecified atom stereocenters. The molecule has 31 heavy (non-hydrogen) atoms. The first-order valence-electron chi connectivity index (χ1n) is 10.7. The Kier molecular flexibility index (Phi) is 7.10. The van der Waals surface area contributed by atoms with Gasteiger partial charge in [-0.15, -0.1) is 0 Å². The van der Waals surface area contributed by atoms with E-state index in [-0.39, 0.29) is 24.2 Å². The lowest BCUT2D eigenvalue weighted by atomic mass is 9.91. The van der Waals surface area contributed by atoms with Crippen LogP contribution in [0.15, 0.2) is 42.5 Å². The average molecular weight is 423 g/mol. The highest BCUT2D eigenvalue weighted by Gasteiger charge is 2.26. The molecule has 1 aliphatic heterocycles. The number of benzene rings is 2. The molecule has 1 aliphatic rings. The van der Waals surface area contributed by atoms with E-state index < -0.39 is 0 Å². The zero-order valence-electron chi connectivity index (χ0n) is 18.6. The van der Waals surface area contributed by atoms with E-state index in [1.165, 1.54) is 6.92 Å². The van der Waals surface area contributed by atoms with Crippen LogP contribution in [0.5, 0.6) is 5.75 Å². The van der Waals surface area contributed by atoms with Crippen LogP contribution >= 0.6 is 0 Å². The maximum absolute atomic E-state index is 13.0. The van der Waals surface area contributed by atoms with Gasteiger partial charge in [0.05, 0.1) is 0 Å². The number of amides is 2. The van der Waals surface area contributed by atoms with E-state index >= 15 is 0 Å². The van der Waals surface area contributed by atoms with Crippen molar-refractivity contribution in [3.05, 3.63) is 59.2 Å². The summed E-state index contributed by atoms with van der Waals surface area (Å²) in [5.74, 6) is 1.13. The summed E-state index contributed by atoms with van der Waals surface area (Å²) >= 11 is 0. The molecule has 0 saturated carbocycles. The van der Waals surface area contributed by atoms with Gasteiger partial charge in [-0.3, -0.25) is 14.4 Å². The number of ether oxygens (including phenoxy) is 1. The Bertz CT molecular complexity index is 958. The molecule has 2 aromatic carbocycles. The molecule has 164 valence electrons. The standard InChI is InChI=1S/C25H30N2O4/c1-16-11-17(2)14-27(13-16)25(30)21-6-5-18(3)23(12-21)26-24(29)15-31-22-9-7-20(8-10-22)19(4)28/h5-10,12,16-17H,11,13-15H2,1-4H3,(H,26,29). The zero-order chi connectivity index (χ0) is 22.5. The maximum Gasteiger partial charge on any atom is 0.262 e. The third kappa shape index (κ3) is 5.94. The predicted octanol–water partition coefficient (Wildman–Crippen LogP) is 4.33. The lowest BCUT2D eigenvalue weighted by Gasteiger charge is -2.35. The minimum Gasteiger partial charge on any atom is -0.484 e. The van der Waals surface area contributed by atoms with Crippen LogP contribution in [0.1, 0.15) is 53.5 Å². The van der Waals surface area contributed by atoms with Crippen molar-refractivity contribution >= 4 is 23.3 Å². The molecule has 2 aromatic rings. The molecule has 1 N–H and O–H groups in total. The van der Waals surface area contributed by atoms with E-state index in [2.05, 4.69) is 19.2 Å². The fourth-order valence-corrected chi connectivity index (χ4v) is 4.02. The van der Waals surface area contributed by atoms with Crippen molar-refractivity contribution in [1.29, 1.82) is 0 Å². The number of piperidine rings is 1. The van der Waals surface area contributed by atoms with E-state index in [9.17, 15) is 14.4 Å². The lowest BCUT2D eigenvalue weighted by molar-refractivity contribution is -0.118. The van der Waals surface area contributed by atoms with Crippen LogP contribution in [0, 0.1) is 18.8 Å². The number of hydrogen-bond donors (Lipinski definition) is 1. The van der Waals surface area contributed by atoms with Crippen LogP contribution in [-0.2, 0) is 4.79 Å². The van der Waals surface area contributed by atoms with Crippen molar-refractivity contribution in [1.82, 2.24) is 4.90 Å². The number of carbonyl (C=O) groups excluding carboxylic acids is 3. The minimum absolute atomic E-state index is 0.00397. The predicted molar refractivity (Wildman–Crippen MR) is 121 cm³/mol. The molecule has 2 amide bonds. The van der Waals surface area contributed by atoms with Gasteiger partial charge in [-0.05, 0) is 74.1 Å². The molecule has 1 fully saturated rings. The molecule has 0 aromatic heterocycles. The van der Waals surface area contributed by atoms with Crippen molar-refractivity contribution in [2.45, 2.75) is 34.1 Å². The number of nitrogens with one attached hydrogen (secondary N) is 1. The monoisotopic (exact) mass is 422 g/mol. The SMILES string of the molecule is CC(=O)c1ccc(OCC(=O)Nc2cc(C(=O)N3CC(C)CC(C)C3)ccc2C)cc1. The quantitative estimate of drug-likeness (QED) is 0.703. The minimum atomic E-state index is -0.316. The van der Waals surface area contributed by atoms with Crippen LogP contribution in [0.25, 0.3) is 0 Å². The topological polar surface area (TPSA) is 75.7 Å². The van der Waals surface area contributed by atoms with Gasteiger partial charge in [0.25, 0.3) is 11.8 Å². The summed E-state index contributed by atoms with van der Waals surface area (Å²) < 4.78 is 5.51. The molecule has 0 bridgehead atoms. The summed E-state index contributed by atoms with van der Waals surface area (Å²) in [7, 11) is 0. The number of anilines is 1. The zero-order valence-corrected chi connectivity index (χ0v) is 18.6. The van der Waals surface area contributed by atoms with Crippen LogP contribution in [0.3, 0.4) is 0 Å². The third-order valence-corrected chi connectivity index (χ3v) is 5.55. The summed E-state index contributed by atoms with van der Waals surface area (Å²) in [6, 6.07) is 12.0. The molecule has 1 heterocycles. The van der Waals surface area contributed by atoms with Gasteiger partial charge in [0.15, 0.2) is 12.4 Å². The van der Waals surface area contributed by atoms with Gasteiger partial charge in [0.2, 0.25) is 0 Å². The Morgan fingerprint density at radius 3 is 2.23 bits per heavy atom. The maximum atomic E-state index is 13.0. The number of likely N-dealkylation sites (tertiary alicyclic amines) is 1. The first-order valence-corrected chi connectivity index (χ1v) is 10.7. The number of Topliss-reactive ketones (excluding diaryl/α,β-unsaturated/α-hetero) is 1. The van der Waals surface area contributed by atoms with Gasteiger partial charge in [0.1, 0.15) is 5.75 Å². The highest BCUT2D eigenvalue weighted by Crippen LogP contribution is 2.24. The number of carbonyl (C=O) groups is 3. The Hall–Kier alpha value is -3.15. The highest BCUT2D eigenvalue weighted by atomic mass is 16.5. The molecule has 0 spiro atoms. The molecule has 0 aliphatic carbocycles.